The standard InChI is InChI=1S/C17H12BrClO5/c1-22-14-5-8(11(20)6-15(14)23-2)13-7-12(21)16-9(18)3-4-10(19)17(16)24-13/h3-7,20H,1-2H3. The second-order valence-corrected chi connectivity index (χ2v) is 6.19. The second-order valence-electron chi connectivity index (χ2n) is 4.93. The summed E-state index contributed by atoms with van der Waals surface area (Å²) in [5, 5.41) is 10.9. The Labute approximate surface area is 150 Å². The molecule has 0 atom stereocenters. The maximum absolute atomic E-state index is 12.4. The minimum absolute atomic E-state index is 0.110. The summed E-state index contributed by atoms with van der Waals surface area (Å²) in [4.78, 5) is 12.4. The van der Waals surface area contributed by atoms with Crippen molar-refractivity contribution in [2.75, 3.05) is 14.2 Å². The van der Waals surface area contributed by atoms with Crippen LogP contribution in [0.1, 0.15) is 0 Å². The zero-order valence-corrected chi connectivity index (χ0v) is 15.1. The molecule has 1 heterocycles. The van der Waals surface area contributed by atoms with Crippen LogP contribution in [0, 0.1) is 0 Å². The molecule has 0 saturated heterocycles. The van der Waals surface area contributed by atoms with E-state index in [0.717, 1.165) is 0 Å². The first-order valence-corrected chi connectivity index (χ1v) is 8.00. The van der Waals surface area contributed by atoms with Gasteiger partial charge in [0.2, 0.25) is 0 Å². The number of phenolic OH excluding ortho intramolecular Hbond substituents is 1. The Hall–Kier alpha value is -2.18. The van der Waals surface area contributed by atoms with Crippen LogP contribution in [0.3, 0.4) is 0 Å². The Balaban J connectivity index is 2.32. The van der Waals surface area contributed by atoms with E-state index in [1.54, 1.807) is 12.1 Å². The van der Waals surface area contributed by atoms with Crippen LogP contribution < -0.4 is 14.9 Å². The highest BCUT2D eigenvalue weighted by Crippen LogP contribution is 2.40. The van der Waals surface area contributed by atoms with Gasteiger partial charge in [0.25, 0.3) is 0 Å². The third-order valence-electron chi connectivity index (χ3n) is 3.55. The van der Waals surface area contributed by atoms with Gasteiger partial charge >= 0.3 is 0 Å². The fraction of sp³-hybridized carbons (Fsp3) is 0.118. The summed E-state index contributed by atoms with van der Waals surface area (Å²) in [6.45, 7) is 0. The van der Waals surface area contributed by atoms with Gasteiger partial charge in [-0.2, -0.15) is 0 Å². The smallest absolute Gasteiger partial charge is 0.194 e. The SMILES string of the molecule is COc1cc(O)c(-c2cc(=O)c3c(Br)ccc(Cl)c3o2)cc1OC. The topological polar surface area (TPSA) is 68.9 Å². The van der Waals surface area contributed by atoms with Gasteiger partial charge in [-0.1, -0.05) is 11.6 Å². The Kier molecular flexibility index (Phi) is 4.43. The van der Waals surface area contributed by atoms with Gasteiger partial charge in [0, 0.05) is 16.6 Å². The summed E-state index contributed by atoms with van der Waals surface area (Å²) in [5.74, 6) is 0.822. The van der Waals surface area contributed by atoms with Crippen molar-refractivity contribution >= 4 is 38.5 Å². The molecule has 0 aliphatic rings. The highest BCUT2D eigenvalue weighted by molar-refractivity contribution is 9.10. The lowest BCUT2D eigenvalue weighted by atomic mass is 10.1. The van der Waals surface area contributed by atoms with Gasteiger partial charge in [0.05, 0.1) is 30.2 Å². The zero-order chi connectivity index (χ0) is 17.4. The normalized spacial score (nSPS) is 10.8. The minimum atomic E-state index is -0.283. The Morgan fingerprint density at radius 3 is 2.46 bits per heavy atom. The van der Waals surface area contributed by atoms with Gasteiger partial charge in [-0.3, -0.25) is 4.79 Å². The molecule has 0 bridgehead atoms. The number of ether oxygens (including phenoxy) is 2. The molecule has 0 amide bonds. The van der Waals surface area contributed by atoms with E-state index in [1.807, 2.05) is 0 Å². The van der Waals surface area contributed by atoms with Gasteiger partial charge in [-0.25, -0.2) is 0 Å². The molecule has 1 aromatic heterocycles. The number of aromatic hydroxyl groups is 1. The largest absolute Gasteiger partial charge is 0.507 e. The van der Waals surface area contributed by atoms with Crippen LogP contribution in [0.2, 0.25) is 5.02 Å². The van der Waals surface area contributed by atoms with Gasteiger partial charge in [0.15, 0.2) is 22.5 Å². The number of phenols is 1. The molecular formula is C17H12BrClO5. The average Bonchev–Trinajstić information content (AvgIpc) is 2.57. The van der Waals surface area contributed by atoms with Crippen molar-refractivity contribution in [3.05, 3.63) is 50.1 Å². The molecule has 7 heteroatoms. The second kappa shape index (κ2) is 6.37. The molecule has 124 valence electrons. The molecule has 0 aliphatic carbocycles. The van der Waals surface area contributed by atoms with Crippen molar-refractivity contribution in [1.29, 1.82) is 0 Å². The quantitative estimate of drug-likeness (QED) is 0.682. The van der Waals surface area contributed by atoms with Crippen molar-refractivity contribution in [2.24, 2.45) is 0 Å². The molecule has 0 aliphatic heterocycles. The summed E-state index contributed by atoms with van der Waals surface area (Å²) in [5.41, 5.74) is 0.250. The molecule has 0 saturated carbocycles. The Morgan fingerprint density at radius 2 is 1.79 bits per heavy atom. The molecule has 0 radical (unpaired) electrons. The summed E-state index contributed by atoms with van der Waals surface area (Å²) in [6, 6.07) is 7.51. The average molecular weight is 412 g/mol. The van der Waals surface area contributed by atoms with E-state index < -0.39 is 0 Å². The molecule has 0 spiro atoms. The number of hydrogen-bond acceptors (Lipinski definition) is 5. The molecule has 24 heavy (non-hydrogen) atoms. The molecule has 3 rings (SSSR count). The van der Waals surface area contributed by atoms with E-state index in [0.29, 0.717) is 31.9 Å². The number of fused-ring (bicyclic) bond motifs is 1. The third kappa shape index (κ3) is 2.72. The number of halogens is 2. The van der Waals surface area contributed by atoms with Gasteiger partial charge in [0.1, 0.15) is 11.5 Å². The van der Waals surface area contributed by atoms with Crippen molar-refractivity contribution in [1.82, 2.24) is 0 Å². The van der Waals surface area contributed by atoms with Crippen molar-refractivity contribution in [3.63, 3.8) is 0 Å². The lowest BCUT2D eigenvalue weighted by molar-refractivity contribution is 0.351. The van der Waals surface area contributed by atoms with Crippen molar-refractivity contribution in [3.8, 4) is 28.6 Å². The van der Waals surface area contributed by atoms with Crippen LogP contribution in [0.25, 0.3) is 22.3 Å². The zero-order valence-electron chi connectivity index (χ0n) is 12.7. The van der Waals surface area contributed by atoms with E-state index in [1.165, 1.54) is 32.4 Å². The van der Waals surface area contributed by atoms with E-state index in [2.05, 4.69) is 15.9 Å². The van der Waals surface area contributed by atoms with Crippen LogP contribution in [0.15, 0.2) is 44.0 Å². The Bertz CT molecular complexity index is 996. The first kappa shape index (κ1) is 16.7. The minimum Gasteiger partial charge on any atom is -0.507 e. The molecule has 0 fully saturated rings. The summed E-state index contributed by atoms with van der Waals surface area (Å²) in [6.07, 6.45) is 0. The van der Waals surface area contributed by atoms with E-state index in [-0.39, 0.29) is 22.5 Å². The van der Waals surface area contributed by atoms with Crippen LogP contribution in [0.5, 0.6) is 17.2 Å². The van der Waals surface area contributed by atoms with Crippen molar-refractivity contribution < 1.29 is 19.0 Å². The molecule has 1 N–H and O–H groups in total. The lowest BCUT2D eigenvalue weighted by Crippen LogP contribution is -2.02. The van der Waals surface area contributed by atoms with Crippen LogP contribution in [-0.2, 0) is 0 Å². The number of benzene rings is 2. The molecule has 2 aromatic carbocycles. The fourth-order valence-corrected chi connectivity index (χ4v) is 3.10. The van der Waals surface area contributed by atoms with Gasteiger partial charge < -0.3 is 19.0 Å². The fourth-order valence-electron chi connectivity index (χ4n) is 2.39. The molecular weight excluding hydrogens is 400 g/mol. The summed E-state index contributed by atoms with van der Waals surface area (Å²) < 4.78 is 16.7. The van der Waals surface area contributed by atoms with Crippen LogP contribution in [-0.4, -0.2) is 19.3 Å². The van der Waals surface area contributed by atoms with E-state index >= 15 is 0 Å². The van der Waals surface area contributed by atoms with Crippen LogP contribution >= 0.6 is 27.5 Å². The highest BCUT2D eigenvalue weighted by atomic mass is 79.9. The molecule has 5 nitrogen and oxygen atoms in total. The van der Waals surface area contributed by atoms with E-state index in [4.69, 9.17) is 25.5 Å². The molecule has 3 aromatic rings. The molecule has 0 unspecified atom stereocenters. The first-order valence-electron chi connectivity index (χ1n) is 6.83. The van der Waals surface area contributed by atoms with Crippen LogP contribution in [0.4, 0.5) is 0 Å². The van der Waals surface area contributed by atoms with Crippen molar-refractivity contribution in [2.45, 2.75) is 0 Å². The van der Waals surface area contributed by atoms with Gasteiger partial charge in [-0.05, 0) is 34.1 Å². The maximum Gasteiger partial charge on any atom is 0.194 e. The highest BCUT2D eigenvalue weighted by Gasteiger charge is 2.17. The Morgan fingerprint density at radius 1 is 1.12 bits per heavy atom. The third-order valence-corrected chi connectivity index (χ3v) is 4.51. The first-order chi connectivity index (χ1) is 11.5. The predicted octanol–water partition coefficient (Wildman–Crippen LogP) is 4.60. The van der Waals surface area contributed by atoms with Gasteiger partial charge in [-0.15, -0.1) is 0 Å². The number of rotatable bonds is 3. The lowest BCUT2D eigenvalue weighted by Gasteiger charge is -2.12. The number of hydrogen-bond donors (Lipinski definition) is 1. The van der Waals surface area contributed by atoms with E-state index in [9.17, 15) is 9.90 Å². The maximum atomic E-state index is 12.4. The number of methoxy groups -OCH3 is 2. The summed E-state index contributed by atoms with van der Waals surface area (Å²) >= 11 is 9.46. The predicted molar refractivity (Wildman–Crippen MR) is 95.4 cm³/mol. The summed E-state index contributed by atoms with van der Waals surface area (Å²) in [7, 11) is 2.94. The monoisotopic (exact) mass is 410 g/mol.